The fourth-order valence-electron chi connectivity index (χ4n) is 3.61. The Morgan fingerprint density at radius 1 is 0.867 bits per heavy atom. The highest BCUT2D eigenvalue weighted by molar-refractivity contribution is 5.79. The quantitative estimate of drug-likeness (QED) is 0.598. The van der Waals surface area contributed by atoms with Crippen LogP contribution in [0.1, 0.15) is 50.4 Å². The van der Waals surface area contributed by atoms with Crippen LogP contribution in [0.25, 0.3) is 0 Å². The van der Waals surface area contributed by atoms with Gasteiger partial charge in [0.05, 0.1) is 33.8 Å². The predicted octanol–water partition coefficient (Wildman–Crippen LogP) is 4.97. The first-order valence-electron chi connectivity index (χ1n) is 10.5. The Hall–Kier alpha value is -2.69. The summed E-state index contributed by atoms with van der Waals surface area (Å²) >= 11 is 0. The van der Waals surface area contributed by atoms with Crippen molar-refractivity contribution in [1.29, 1.82) is 0 Å². The average Bonchev–Trinajstić information content (AvgIpc) is 2.71. The lowest BCUT2D eigenvalue weighted by atomic mass is 9.93. The van der Waals surface area contributed by atoms with Crippen LogP contribution < -0.4 is 19.5 Å². The summed E-state index contributed by atoms with van der Waals surface area (Å²) < 4.78 is 16.1. The summed E-state index contributed by atoms with van der Waals surface area (Å²) in [7, 11) is 4.70. The molecule has 0 saturated carbocycles. The van der Waals surface area contributed by atoms with Crippen LogP contribution in [-0.2, 0) is 17.6 Å². The van der Waals surface area contributed by atoms with Gasteiger partial charge in [0.15, 0.2) is 11.5 Å². The number of benzene rings is 2. The number of hydrogen-bond donors (Lipinski definition) is 1. The molecule has 0 fully saturated rings. The maximum atomic E-state index is 12.8. The molecule has 1 atom stereocenters. The van der Waals surface area contributed by atoms with Gasteiger partial charge in [-0.3, -0.25) is 4.79 Å². The van der Waals surface area contributed by atoms with Crippen molar-refractivity contribution in [3.05, 3.63) is 53.1 Å². The number of ether oxygens (including phenoxy) is 3. The number of carbonyl (C=O) groups is 1. The van der Waals surface area contributed by atoms with Crippen LogP contribution in [0.2, 0.25) is 0 Å². The van der Waals surface area contributed by atoms with Gasteiger partial charge >= 0.3 is 0 Å². The van der Waals surface area contributed by atoms with Crippen molar-refractivity contribution < 1.29 is 19.0 Å². The fourth-order valence-corrected chi connectivity index (χ4v) is 3.61. The highest BCUT2D eigenvalue weighted by Crippen LogP contribution is 2.38. The van der Waals surface area contributed by atoms with E-state index in [1.54, 1.807) is 21.3 Å². The SMILES string of the molecule is COc1cc(CC(=O)NC(c2ccc(CC(C)C)cc2)C(C)C)cc(OC)c1OC. The number of carbonyl (C=O) groups excluding carboxylic acids is 1. The average molecular weight is 414 g/mol. The van der Waals surface area contributed by atoms with Crippen LogP contribution in [0.5, 0.6) is 17.2 Å². The second kappa shape index (κ2) is 10.9. The summed E-state index contributed by atoms with van der Waals surface area (Å²) in [6, 6.07) is 12.2. The summed E-state index contributed by atoms with van der Waals surface area (Å²) in [5.41, 5.74) is 3.24. The number of rotatable bonds is 10. The van der Waals surface area contributed by atoms with Crippen molar-refractivity contribution in [2.45, 2.75) is 46.6 Å². The molecule has 2 aromatic rings. The Morgan fingerprint density at radius 3 is 1.87 bits per heavy atom. The van der Waals surface area contributed by atoms with E-state index >= 15 is 0 Å². The molecule has 0 aromatic heterocycles. The van der Waals surface area contributed by atoms with Gasteiger partial charge in [-0.15, -0.1) is 0 Å². The Bertz CT molecular complexity index is 803. The molecule has 1 unspecified atom stereocenters. The van der Waals surface area contributed by atoms with Crippen LogP contribution in [0, 0.1) is 11.8 Å². The van der Waals surface area contributed by atoms with Crippen molar-refractivity contribution in [2.75, 3.05) is 21.3 Å². The fraction of sp³-hybridized carbons (Fsp3) is 0.480. The monoisotopic (exact) mass is 413 g/mol. The van der Waals surface area contributed by atoms with Gasteiger partial charge in [0, 0.05) is 0 Å². The van der Waals surface area contributed by atoms with E-state index in [1.165, 1.54) is 5.56 Å². The molecular weight excluding hydrogens is 378 g/mol. The molecule has 0 saturated heterocycles. The molecule has 0 aliphatic heterocycles. The van der Waals surface area contributed by atoms with E-state index in [2.05, 4.69) is 57.3 Å². The predicted molar refractivity (Wildman–Crippen MR) is 121 cm³/mol. The summed E-state index contributed by atoms with van der Waals surface area (Å²) in [6.45, 7) is 8.67. The van der Waals surface area contributed by atoms with Crippen molar-refractivity contribution in [2.24, 2.45) is 11.8 Å². The lowest BCUT2D eigenvalue weighted by Gasteiger charge is -2.23. The maximum absolute atomic E-state index is 12.8. The third kappa shape index (κ3) is 6.15. The molecule has 30 heavy (non-hydrogen) atoms. The van der Waals surface area contributed by atoms with Crippen LogP contribution in [0.4, 0.5) is 0 Å². The Balaban J connectivity index is 2.16. The second-order valence-electron chi connectivity index (χ2n) is 8.34. The van der Waals surface area contributed by atoms with Crippen molar-refractivity contribution in [1.82, 2.24) is 5.32 Å². The summed E-state index contributed by atoms with van der Waals surface area (Å²) in [5, 5.41) is 3.19. The van der Waals surface area contributed by atoms with E-state index in [-0.39, 0.29) is 24.3 Å². The van der Waals surface area contributed by atoms with E-state index < -0.39 is 0 Å². The maximum Gasteiger partial charge on any atom is 0.224 e. The molecule has 0 spiro atoms. The lowest BCUT2D eigenvalue weighted by molar-refractivity contribution is -0.121. The van der Waals surface area contributed by atoms with Crippen LogP contribution in [0.3, 0.4) is 0 Å². The van der Waals surface area contributed by atoms with E-state index in [9.17, 15) is 4.79 Å². The van der Waals surface area contributed by atoms with Gasteiger partial charge < -0.3 is 19.5 Å². The number of hydrogen-bond acceptors (Lipinski definition) is 4. The van der Waals surface area contributed by atoms with Gasteiger partial charge in [-0.1, -0.05) is 52.0 Å². The van der Waals surface area contributed by atoms with Crippen molar-refractivity contribution in [3.8, 4) is 17.2 Å². The van der Waals surface area contributed by atoms with Gasteiger partial charge in [-0.25, -0.2) is 0 Å². The van der Waals surface area contributed by atoms with Crippen LogP contribution in [0.15, 0.2) is 36.4 Å². The molecule has 0 aliphatic rings. The van der Waals surface area contributed by atoms with Crippen molar-refractivity contribution >= 4 is 5.91 Å². The zero-order valence-corrected chi connectivity index (χ0v) is 19.2. The first-order chi connectivity index (χ1) is 14.3. The number of amides is 1. The highest BCUT2D eigenvalue weighted by atomic mass is 16.5. The Labute approximate surface area is 180 Å². The molecule has 1 amide bonds. The molecule has 2 rings (SSSR count). The van der Waals surface area contributed by atoms with Crippen LogP contribution in [-0.4, -0.2) is 27.2 Å². The van der Waals surface area contributed by atoms with Gasteiger partial charge in [0.25, 0.3) is 0 Å². The standard InChI is InChI=1S/C25H35NO4/c1-16(2)12-18-8-10-20(11-9-18)24(17(3)4)26-23(27)15-19-13-21(28-5)25(30-7)22(14-19)29-6/h8-11,13-14,16-17,24H,12,15H2,1-7H3,(H,26,27). The number of methoxy groups -OCH3 is 3. The second-order valence-corrected chi connectivity index (χ2v) is 8.34. The van der Waals surface area contributed by atoms with E-state index in [0.29, 0.717) is 23.2 Å². The smallest absolute Gasteiger partial charge is 0.224 e. The summed E-state index contributed by atoms with van der Waals surface area (Å²) in [5.74, 6) is 2.45. The van der Waals surface area contributed by atoms with Crippen LogP contribution >= 0.6 is 0 Å². The van der Waals surface area contributed by atoms with Gasteiger partial charge in [-0.05, 0) is 47.1 Å². The minimum absolute atomic E-state index is 0.0470. The minimum atomic E-state index is -0.0485. The van der Waals surface area contributed by atoms with Gasteiger partial charge in [-0.2, -0.15) is 0 Å². The lowest BCUT2D eigenvalue weighted by Crippen LogP contribution is -2.32. The zero-order valence-electron chi connectivity index (χ0n) is 19.2. The van der Waals surface area contributed by atoms with Gasteiger partial charge in [0.2, 0.25) is 11.7 Å². The van der Waals surface area contributed by atoms with E-state index in [0.717, 1.165) is 17.5 Å². The minimum Gasteiger partial charge on any atom is -0.493 e. The third-order valence-electron chi connectivity index (χ3n) is 5.06. The molecule has 0 heterocycles. The molecular formula is C25H35NO4. The van der Waals surface area contributed by atoms with Gasteiger partial charge in [0.1, 0.15) is 0 Å². The van der Waals surface area contributed by atoms with Crippen molar-refractivity contribution in [3.63, 3.8) is 0 Å². The molecule has 1 N–H and O–H groups in total. The van der Waals surface area contributed by atoms with E-state index in [4.69, 9.17) is 14.2 Å². The highest BCUT2D eigenvalue weighted by Gasteiger charge is 2.20. The zero-order chi connectivity index (χ0) is 22.3. The normalized spacial score (nSPS) is 12.0. The molecule has 164 valence electrons. The Kier molecular flexibility index (Phi) is 8.58. The molecule has 0 bridgehead atoms. The number of nitrogens with one attached hydrogen (secondary N) is 1. The molecule has 0 radical (unpaired) electrons. The summed E-state index contributed by atoms with van der Waals surface area (Å²) in [6.07, 6.45) is 1.28. The first kappa shape index (κ1) is 23.6. The Morgan fingerprint density at radius 2 is 1.43 bits per heavy atom. The molecule has 0 aliphatic carbocycles. The van der Waals surface area contributed by atoms with E-state index in [1.807, 2.05) is 12.1 Å². The third-order valence-corrected chi connectivity index (χ3v) is 5.06. The molecule has 5 heteroatoms. The largest absolute Gasteiger partial charge is 0.493 e. The topological polar surface area (TPSA) is 56.8 Å². The molecule has 2 aromatic carbocycles. The molecule has 5 nitrogen and oxygen atoms in total. The first-order valence-corrected chi connectivity index (χ1v) is 10.5. The summed E-state index contributed by atoms with van der Waals surface area (Å²) in [4.78, 5) is 12.8.